The number of esters is 1. The Morgan fingerprint density at radius 2 is 2.08 bits per heavy atom. The van der Waals surface area contributed by atoms with E-state index in [0.29, 0.717) is 12.0 Å². The van der Waals surface area contributed by atoms with Crippen LogP contribution in [0.5, 0.6) is 0 Å². The van der Waals surface area contributed by atoms with E-state index < -0.39 is 0 Å². The van der Waals surface area contributed by atoms with Crippen LogP contribution in [-0.4, -0.2) is 49.3 Å². The third-order valence-corrected chi connectivity index (χ3v) is 9.62. The van der Waals surface area contributed by atoms with Crippen molar-refractivity contribution in [1.82, 2.24) is 0 Å². The second-order valence-corrected chi connectivity index (χ2v) is 9.93. The zero-order valence-electron chi connectivity index (χ0n) is 16.0. The number of quaternary nitrogens is 1. The van der Waals surface area contributed by atoms with E-state index >= 15 is 0 Å². The first-order valence-electron chi connectivity index (χ1n) is 10.3. The van der Waals surface area contributed by atoms with Gasteiger partial charge in [-0.15, -0.1) is 0 Å². The van der Waals surface area contributed by atoms with Crippen molar-refractivity contribution < 1.29 is 14.0 Å². The number of para-hydroxylation sites is 1. The molecule has 4 fully saturated rings. The number of fused-ring (bicyclic) bond motifs is 1. The van der Waals surface area contributed by atoms with Crippen LogP contribution in [0.1, 0.15) is 38.2 Å². The van der Waals surface area contributed by atoms with Gasteiger partial charge in [0.2, 0.25) is 0 Å². The fourth-order valence-electron chi connectivity index (χ4n) is 9.19. The van der Waals surface area contributed by atoms with Gasteiger partial charge in [0.05, 0.1) is 44.1 Å². The molecule has 3 spiro atoms. The fraction of sp³-hybridized carbons (Fsp3) is 0.682. The lowest BCUT2D eigenvalue weighted by atomic mass is 9.56. The summed E-state index contributed by atoms with van der Waals surface area (Å²) in [5, 5.41) is 3.99. The number of anilines is 1. The predicted molar refractivity (Wildman–Crippen MR) is 99.8 cm³/mol. The minimum Gasteiger partial charge on any atom is -0.469 e. The van der Waals surface area contributed by atoms with Crippen LogP contribution in [0.25, 0.3) is 0 Å². The van der Waals surface area contributed by atoms with Crippen LogP contribution in [-0.2, 0) is 14.9 Å². The van der Waals surface area contributed by atoms with Crippen LogP contribution in [0, 0.1) is 17.3 Å². The minimum absolute atomic E-state index is 0.00136. The molecule has 2 bridgehead atoms. The first-order chi connectivity index (χ1) is 12.5. The SMILES string of the molecule is COC(=O)[C@@H]1C[C@@]23CCC[N@+]4(C)CC[C@]5(c6ccccc6N[C@@]15[C@@H]2C)[C@H]34. The van der Waals surface area contributed by atoms with Crippen LogP contribution < -0.4 is 5.32 Å². The predicted octanol–water partition coefficient (Wildman–Crippen LogP) is 2.93. The molecule has 138 valence electrons. The minimum atomic E-state index is -0.172. The van der Waals surface area contributed by atoms with Gasteiger partial charge >= 0.3 is 5.97 Å². The Morgan fingerprint density at radius 3 is 2.88 bits per heavy atom. The molecule has 2 saturated carbocycles. The fourth-order valence-corrected chi connectivity index (χ4v) is 9.19. The monoisotopic (exact) mass is 353 g/mol. The van der Waals surface area contributed by atoms with E-state index in [1.54, 1.807) is 7.11 Å². The van der Waals surface area contributed by atoms with Crippen molar-refractivity contribution in [1.29, 1.82) is 0 Å². The Morgan fingerprint density at radius 1 is 1.27 bits per heavy atom. The highest BCUT2D eigenvalue weighted by molar-refractivity contribution is 5.82. The topological polar surface area (TPSA) is 38.3 Å². The van der Waals surface area contributed by atoms with Crippen LogP contribution in [0.15, 0.2) is 24.3 Å². The Kier molecular flexibility index (Phi) is 2.56. The average molecular weight is 353 g/mol. The van der Waals surface area contributed by atoms with E-state index in [2.05, 4.69) is 43.6 Å². The molecule has 7 atom stereocenters. The lowest BCUT2D eigenvalue weighted by Gasteiger charge is -2.54. The van der Waals surface area contributed by atoms with Crippen LogP contribution in [0.4, 0.5) is 5.69 Å². The number of likely N-dealkylation sites (N-methyl/N-ethyl adjacent to an activating group) is 1. The maximum atomic E-state index is 13.0. The Bertz CT molecular complexity index is 839. The molecular weight excluding hydrogens is 324 g/mol. The highest BCUT2D eigenvalue weighted by Gasteiger charge is 2.89. The molecule has 1 N–H and O–H groups in total. The summed E-state index contributed by atoms with van der Waals surface area (Å²) in [4.78, 5) is 13.0. The summed E-state index contributed by atoms with van der Waals surface area (Å²) in [6.45, 7) is 4.98. The molecule has 1 aromatic carbocycles. The Balaban J connectivity index is 1.69. The molecule has 6 rings (SSSR count). The summed E-state index contributed by atoms with van der Waals surface area (Å²) < 4.78 is 6.56. The number of methoxy groups -OCH3 is 1. The summed E-state index contributed by atoms with van der Waals surface area (Å²) in [5.74, 6) is 0.462. The number of carbonyl (C=O) groups excluding carboxylic acids is 1. The lowest BCUT2D eigenvalue weighted by molar-refractivity contribution is -0.936. The van der Waals surface area contributed by atoms with E-state index in [0.717, 1.165) is 6.42 Å². The first-order valence-corrected chi connectivity index (χ1v) is 10.3. The second kappa shape index (κ2) is 4.30. The van der Waals surface area contributed by atoms with Gasteiger partial charge in [-0.2, -0.15) is 0 Å². The summed E-state index contributed by atoms with van der Waals surface area (Å²) in [6, 6.07) is 9.52. The molecule has 3 heterocycles. The van der Waals surface area contributed by atoms with Gasteiger partial charge in [0, 0.05) is 17.5 Å². The van der Waals surface area contributed by atoms with Crippen molar-refractivity contribution in [2.45, 2.75) is 49.6 Å². The number of hydrogen-bond donors (Lipinski definition) is 1. The Labute approximate surface area is 155 Å². The van der Waals surface area contributed by atoms with E-state index in [9.17, 15) is 4.79 Å². The van der Waals surface area contributed by atoms with E-state index in [1.807, 2.05) is 0 Å². The highest BCUT2D eigenvalue weighted by atomic mass is 16.5. The van der Waals surface area contributed by atoms with Gasteiger partial charge in [0.1, 0.15) is 6.04 Å². The molecule has 2 aliphatic carbocycles. The number of benzene rings is 1. The van der Waals surface area contributed by atoms with Gasteiger partial charge < -0.3 is 14.5 Å². The lowest BCUT2D eigenvalue weighted by Crippen LogP contribution is -2.67. The standard InChI is InChI=1S/C22H29N2O2/c1-14-20-9-6-11-24(2)12-10-21(19(20)24)15-7-4-5-8-17(15)23-22(14,21)16(13-20)18(25)26-3/h4-5,7-8,14,16,19,23H,6,9-13H2,1-3H3/q+1/t14-,16+,19+,20+,21+,22+,24-/m1/s1. The number of nitrogens with one attached hydrogen (secondary N) is 1. The van der Waals surface area contributed by atoms with Crippen molar-refractivity contribution in [3.8, 4) is 0 Å². The van der Waals surface area contributed by atoms with Crippen molar-refractivity contribution >= 4 is 11.7 Å². The van der Waals surface area contributed by atoms with Gasteiger partial charge in [-0.25, -0.2) is 0 Å². The van der Waals surface area contributed by atoms with Gasteiger partial charge in [0.15, 0.2) is 0 Å². The van der Waals surface area contributed by atoms with Crippen molar-refractivity contribution in [3.63, 3.8) is 0 Å². The molecular formula is C22H29N2O2+. The number of hydrogen-bond acceptors (Lipinski definition) is 3. The molecule has 3 aliphatic heterocycles. The summed E-state index contributed by atoms with van der Waals surface area (Å²) in [7, 11) is 4.06. The largest absolute Gasteiger partial charge is 0.469 e. The van der Waals surface area contributed by atoms with Gasteiger partial charge in [0.25, 0.3) is 0 Å². The molecule has 1 aromatic rings. The Hall–Kier alpha value is -1.55. The molecule has 26 heavy (non-hydrogen) atoms. The third-order valence-electron chi connectivity index (χ3n) is 9.62. The number of nitrogens with zero attached hydrogens (tertiary/aromatic N) is 1. The maximum Gasteiger partial charge on any atom is 0.311 e. The van der Waals surface area contributed by atoms with Crippen molar-refractivity contribution in [2.75, 3.05) is 32.6 Å². The van der Waals surface area contributed by atoms with Crippen LogP contribution in [0.2, 0.25) is 0 Å². The molecule has 0 amide bonds. The number of ether oxygens (including phenoxy) is 1. The summed E-state index contributed by atoms with van der Waals surface area (Å²) >= 11 is 0. The molecule has 5 aliphatic rings. The molecule has 0 radical (unpaired) electrons. The number of piperidine rings is 1. The summed E-state index contributed by atoms with van der Waals surface area (Å²) in [6.07, 6.45) is 4.76. The smallest absolute Gasteiger partial charge is 0.311 e. The molecule has 4 heteroatoms. The normalized spacial score (nSPS) is 52.2. The zero-order valence-corrected chi connectivity index (χ0v) is 16.0. The van der Waals surface area contributed by atoms with Crippen molar-refractivity contribution in [2.24, 2.45) is 17.3 Å². The summed E-state index contributed by atoms with van der Waals surface area (Å²) in [5.41, 5.74) is 2.92. The van der Waals surface area contributed by atoms with Gasteiger partial charge in [-0.3, -0.25) is 4.79 Å². The molecule has 2 saturated heterocycles. The van der Waals surface area contributed by atoms with E-state index in [-0.39, 0.29) is 28.3 Å². The molecule has 0 unspecified atom stereocenters. The highest BCUT2D eigenvalue weighted by Crippen LogP contribution is 2.80. The zero-order chi connectivity index (χ0) is 17.9. The van der Waals surface area contributed by atoms with Crippen molar-refractivity contribution in [3.05, 3.63) is 29.8 Å². The van der Waals surface area contributed by atoms with Crippen LogP contribution >= 0.6 is 0 Å². The average Bonchev–Trinajstić information content (AvgIpc) is 3.27. The van der Waals surface area contributed by atoms with Crippen LogP contribution in [0.3, 0.4) is 0 Å². The number of rotatable bonds is 1. The second-order valence-electron chi connectivity index (χ2n) is 9.93. The quantitative estimate of drug-likeness (QED) is 0.623. The van der Waals surface area contributed by atoms with Gasteiger partial charge in [-0.1, -0.05) is 25.1 Å². The number of carbonyl (C=O) groups is 1. The molecule has 4 nitrogen and oxygen atoms in total. The first kappa shape index (κ1) is 15.5. The molecule has 0 aromatic heterocycles. The third kappa shape index (κ3) is 1.24. The van der Waals surface area contributed by atoms with E-state index in [1.165, 1.54) is 48.1 Å². The van der Waals surface area contributed by atoms with Gasteiger partial charge in [-0.05, 0) is 36.8 Å². The maximum absolute atomic E-state index is 13.0. The van der Waals surface area contributed by atoms with E-state index in [4.69, 9.17) is 4.74 Å².